The summed E-state index contributed by atoms with van der Waals surface area (Å²) in [6, 6.07) is 0. The summed E-state index contributed by atoms with van der Waals surface area (Å²) < 4.78 is 0. The topological polar surface area (TPSA) is 38.7 Å². The smallest absolute Gasteiger partial charge is 0.180 e. The van der Waals surface area contributed by atoms with Crippen LogP contribution in [0.1, 0.15) is 26.7 Å². The van der Waals surface area contributed by atoms with Crippen LogP contribution in [0.2, 0.25) is 0 Å². The molecule has 0 bridgehead atoms. The van der Waals surface area contributed by atoms with Crippen molar-refractivity contribution in [2.45, 2.75) is 32.8 Å². The van der Waals surface area contributed by atoms with Crippen molar-refractivity contribution in [3.05, 3.63) is 0 Å². The van der Waals surface area contributed by atoms with E-state index in [0.717, 1.165) is 0 Å². The van der Waals surface area contributed by atoms with Gasteiger partial charge in [-0.15, -0.1) is 0 Å². The van der Waals surface area contributed by atoms with Gasteiger partial charge in [0.2, 0.25) is 0 Å². The summed E-state index contributed by atoms with van der Waals surface area (Å²) in [6.45, 7) is 3.73. The van der Waals surface area contributed by atoms with Crippen LogP contribution in [0.15, 0.2) is 5.16 Å². The van der Waals surface area contributed by atoms with E-state index < -0.39 is 0 Å². The molecule has 0 fully saturated rings. The van der Waals surface area contributed by atoms with Crippen LogP contribution >= 0.6 is 0 Å². The van der Waals surface area contributed by atoms with Crippen LogP contribution in [0.4, 0.5) is 0 Å². The molecule has 0 spiro atoms. The Morgan fingerprint density at radius 3 is 3.00 bits per heavy atom. The second-order valence-corrected chi connectivity index (χ2v) is 2.43. The number of oxime groups is 1. The summed E-state index contributed by atoms with van der Waals surface area (Å²) in [5, 5.41) is 3.65. The van der Waals surface area contributed by atoms with Crippen LogP contribution in [0.5, 0.6) is 0 Å². The van der Waals surface area contributed by atoms with Gasteiger partial charge in [-0.1, -0.05) is 12.1 Å². The van der Waals surface area contributed by atoms with Gasteiger partial charge in [0.1, 0.15) is 11.8 Å². The Bertz CT molecular complexity index is 174. The molecule has 0 radical (unpaired) electrons. The van der Waals surface area contributed by atoms with Gasteiger partial charge >= 0.3 is 0 Å². The molecule has 1 aliphatic heterocycles. The van der Waals surface area contributed by atoms with Crippen molar-refractivity contribution in [2.75, 3.05) is 0 Å². The molecule has 1 aliphatic rings. The first-order valence-electron chi connectivity index (χ1n) is 3.50. The lowest BCUT2D eigenvalue weighted by atomic mass is 10.1. The summed E-state index contributed by atoms with van der Waals surface area (Å²) >= 11 is 0. The van der Waals surface area contributed by atoms with Gasteiger partial charge in [0.15, 0.2) is 5.78 Å². The van der Waals surface area contributed by atoms with Gasteiger partial charge in [0.25, 0.3) is 0 Å². The monoisotopic (exact) mass is 141 g/mol. The second kappa shape index (κ2) is 2.82. The summed E-state index contributed by atoms with van der Waals surface area (Å²) in [5.41, 5.74) is 0.593. The average Bonchev–Trinajstić information content (AvgIpc) is 2.34. The molecule has 1 heterocycles. The van der Waals surface area contributed by atoms with E-state index in [2.05, 4.69) is 5.16 Å². The molecule has 1 unspecified atom stereocenters. The number of carbonyl (C=O) groups is 1. The standard InChI is InChI=1S/C7H11NO2/c1-3-7(9)6-4-5(2)10-8-6/h5H,3-4H2,1-2H3. The number of ketones is 1. The molecule has 3 nitrogen and oxygen atoms in total. The van der Waals surface area contributed by atoms with Crippen molar-refractivity contribution in [1.82, 2.24) is 0 Å². The largest absolute Gasteiger partial charge is 0.392 e. The highest BCUT2D eigenvalue weighted by atomic mass is 16.6. The van der Waals surface area contributed by atoms with E-state index in [4.69, 9.17) is 4.84 Å². The fourth-order valence-corrected chi connectivity index (χ4v) is 0.869. The summed E-state index contributed by atoms with van der Waals surface area (Å²) in [7, 11) is 0. The van der Waals surface area contributed by atoms with E-state index in [1.165, 1.54) is 0 Å². The highest BCUT2D eigenvalue weighted by molar-refractivity contribution is 6.40. The zero-order valence-electron chi connectivity index (χ0n) is 6.26. The van der Waals surface area contributed by atoms with E-state index in [1.54, 1.807) is 0 Å². The first-order chi connectivity index (χ1) is 4.74. The van der Waals surface area contributed by atoms with E-state index in [9.17, 15) is 4.79 Å². The Labute approximate surface area is 60.0 Å². The minimum absolute atomic E-state index is 0.0884. The van der Waals surface area contributed by atoms with E-state index in [-0.39, 0.29) is 11.9 Å². The predicted molar refractivity (Wildman–Crippen MR) is 37.9 cm³/mol. The van der Waals surface area contributed by atoms with Crippen molar-refractivity contribution >= 4 is 11.5 Å². The third kappa shape index (κ3) is 1.35. The molecule has 10 heavy (non-hydrogen) atoms. The van der Waals surface area contributed by atoms with Crippen molar-refractivity contribution in [2.24, 2.45) is 5.16 Å². The minimum atomic E-state index is 0.0884. The fourth-order valence-electron chi connectivity index (χ4n) is 0.869. The Morgan fingerprint density at radius 2 is 2.60 bits per heavy atom. The zero-order chi connectivity index (χ0) is 7.56. The lowest BCUT2D eigenvalue weighted by Crippen LogP contribution is -2.12. The van der Waals surface area contributed by atoms with Crippen molar-refractivity contribution in [3.8, 4) is 0 Å². The molecule has 0 amide bonds. The summed E-state index contributed by atoms with van der Waals surface area (Å²) in [4.78, 5) is 15.8. The molecule has 0 saturated carbocycles. The number of Topliss-reactive ketones (excluding diaryl/α,β-unsaturated/α-hetero) is 1. The minimum Gasteiger partial charge on any atom is -0.392 e. The normalized spacial score (nSPS) is 23.8. The fraction of sp³-hybridized carbons (Fsp3) is 0.714. The predicted octanol–water partition coefficient (Wildman–Crippen LogP) is 1.13. The Kier molecular flexibility index (Phi) is 2.04. The Hall–Kier alpha value is -0.860. The van der Waals surface area contributed by atoms with Gasteiger partial charge in [-0.05, 0) is 6.92 Å². The van der Waals surface area contributed by atoms with Crippen LogP contribution in [0.3, 0.4) is 0 Å². The zero-order valence-corrected chi connectivity index (χ0v) is 6.26. The number of carbonyl (C=O) groups excluding carboxylic acids is 1. The maximum Gasteiger partial charge on any atom is 0.180 e. The second-order valence-electron chi connectivity index (χ2n) is 2.43. The SMILES string of the molecule is CCC(=O)C1=NOC(C)C1. The molecule has 1 atom stereocenters. The van der Waals surface area contributed by atoms with Crippen LogP contribution in [-0.2, 0) is 9.63 Å². The first kappa shape index (κ1) is 7.25. The third-order valence-electron chi connectivity index (χ3n) is 1.47. The summed E-state index contributed by atoms with van der Waals surface area (Å²) in [5.74, 6) is 0.101. The number of hydrogen-bond donors (Lipinski definition) is 0. The van der Waals surface area contributed by atoms with E-state index >= 15 is 0 Å². The van der Waals surface area contributed by atoms with Gasteiger partial charge in [-0.2, -0.15) is 0 Å². The lowest BCUT2D eigenvalue weighted by molar-refractivity contribution is -0.112. The van der Waals surface area contributed by atoms with Crippen molar-refractivity contribution < 1.29 is 9.63 Å². The van der Waals surface area contributed by atoms with Crippen LogP contribution < -0.4 is 0 Å². The lowest BCUT2D eigenvalue weighted by Gasteiger charge is -1.94. The molecule has 0 N–H and O–H groups in total. The van der Waals surface area contributed by atoms with Crippen LogP contribution in [0.25, 0.3) is 0 Å². The van der Waals surface area contributed by atoms with Gasteiger partial charge < -0.3 is 4.84 Å². The molecule has 3 heteroatoms. The van der Waals surface area contributed by atoms with E-state index in [1.807, 2.05) is 13.8 Å². The maximum absolute atomic E-state index is 10.9. The van der Waals surface area contributed by atoms with Gasteiger partial charge in [-0.3, -0.25) is 4.79 Å². The number of nitrogens with zero attached hydrogens (tertiary/aromatic N) is 1. The number of rotatable bonds is 2. The quantitative estimate of drug-likeness (QED) is 0.578. The highest BCUT2D eigenvalue weighted by Crippen LogP contribution is 2.10. The maximum atomic E-state index is 10.9. The molecule has 0 aliphatic carbocycles. The van der Waals surface area contributed by atoms with Gasteiger partial charge in [0.05, 0.1) is 0 Å². The van der Waals surface area contributed by atoms with Gasteiger partial charge in [-0.25, -0.2) is 0 Å². The third-order valence-corrected chi connectivity index (χ3v) is 1.47. The Morgan fingerprint density at radius 1 is 1.90 bits per heavy atom. The van der Waals surface area contributed by atoms with Crippen LogP contribution in [0, 0.1) is 0 Å². The van der Waals surface area contributed by atoms with Crippen molar-refractivity contribution in [1.29, 1.82) is 0 Å². The molecule has 0 saturated heterocycles. The van der Waals surface area contributed by atoms with Gasteiger partial charge in [0, 0.05) is 12.8 Å². The van der Waals surface area contributed by atoms with Crippen molar-refractivity contribution in [3.63, 3.8) is 0 Å². The molecule has 1 rings (SSSR count). The molecule has 0 aromatic carbocycles. The average molecular weight is 141 g/mol. The first-order valence-corrected chi connectivity index (χ1v) is 3.50. The summed E-state index contributed by atoms with van der Waals surface area (Å²) in [6.07, 6.45) is 1.28. The molecule has 56 valence electrons. The molecule has 0 aromatic rings. The van der Waals surface area contributed by atoms with Crippen LogP contribution in [-0.4, -0.2) is 17.6 Å². The molecule has 0 aromatic heterocycles. The molecular formula is C7H11NO2. The van der Waals surface area contributed by atoms with E-state index in [0.29, 0.717) is 18.6 Å². The Balaban J connectivity index is 2.51. The number of hydrogen-bond acceptors (Lipinski definition) is 3. The highest BCUT2D eigenvalue weighted by Gasteiger charge is 2.20. The molecular weight excluding hydrogens is 130 g/mol.